The van der Waals surface area contributed by atoms with Crippen LogP contribution in [0.1, 0.15) is 38.8 Å². The lowest BCUT2D eigenvalue weighted by molar-refractivity contribution is -0.144. The van der Waals surface area contributed by atoms with Crippen LogP contribution in [-0.2, 0) is 16.6 Å². The monoisotopic (exact) mass is 253 g/mol. The van der Waals surface area contributed by atoms with Crippen LogP contribution in [0.2, 0.25) is 0 Å². The first-order valence-corrected chi connectivity index (χ1v) is 6.50. The molecule has 0 fully saturated rings. The van der Waals surface area contributed by atoms with Gasteiger partial charge in [-0.05, 0) is 20.0 Å². The van der Waals surface area contributed by atoms with Crippen LogP contribution < -0.4 is 0 Å². The molecule has 0 saturated carbocycles. The number of aryl methyl sites for hydroxylation is 1. The molecule has 0 aliphatic heterocycles. The highest BCUT2D eigenvalue weighted by Crippen LogP contribution is 2.24. The highest BCUT2D eigenvalue weighted by Gasteiger charge is 2.23. The molecule has 0 saturated heterocycles. The van der Waals surface area contributed by atoms with E-state index >= 15 is 0 Å². The first-order valence-electron chi connectivity index (χ1n) is 6.50. The molecule has 0 aromatic carbocycles. The summed E-state index contributed by atoms with van der Waals surface area (Å²) in [4.78, 5) is 13.9. The minimum absolute atomic E-state index is 0.0488. The van der Waals surface area contributed by atoms with E-state index in [4.69, 9.17) is 4.74 Å². The fourth-order valence-corrected chi connectivity index (χ4v) is 2.11. The summed E-state index contributed by atoms with van der Waals surface area (Å²) in [5, 5.41) is 4.18. The quantitative estimate of drug-likeness (QED) is 0.695. The summed E-state index contributed by atoms with van der Waals surface area (Å²) >= 11 is 0. The van der Waals surface area contributed by atoms with Crippen LogP contribution in [0.4, 0.5) is 0 Å². The van der Waals surface area contributed by atoms with Gasteiger partial charge in [0.05, 0.1) is 19.2 Å². The van der Waals surface area contributed by atoms with Crippen molar-refractivity contribution in [2.24, 2.45) is 7.05 Å². The number of hydrogen-bond acceptors (Lipinski definition) is 4. The smallest absolute Gasteiger partial charge is 0.307 e. The fourth-order valence-electron chi connectivity index (χ4n) is 2.11. The molecule has 102 valence electrons. The van der Waals surface area contributed by atoms with Crippen molar-refractivity contribution in [2.75, 3.05) is 19.7 Å². The number of carbonyl (C=O) groups is 1. The minimum atomic E-state index is -0.154. The first kappa shape index (κ1) is 14.7. The Kier molecular flexibility index (Phi) is 5.85. The maximum absolute atomic E-state index is 11.7. The highest BCUT2D eigenvalue weighted by molar-refractivity contribution is 5.70. The van der Waals surface area contributed by atoms with Gasteiger partial charge < -0.3 is 4.74 Å². The molecule has 5 nitrogen and oxygen atoms in total. The Hall–Kier alpha value is -1.36. The molecule has 0 aliphatic carbocycles. The Labute approximate surface area is 109 Å². The van der Waals surface area contributed by atoms with Crippen LogP contribution >= 0.6 is 0 Å². The summed E-state index contributed by atoms with van der Waals surface area (Å²) in [6, 6.07) is 0.0488. The van der Waals surface area contributed by atoms with Crippen molar-refractivity contribution in [3.05, 3.63) is 18.0 Å². The predicted octanol–water partition coefficient (Wildman–Crippen LogP) is 1.76. The third kappa shape index (κ3) is 3.84. The summed E-state index contributed by atoms with van der Waals surface area (Å²) in [7, 11) is 1.88. The van der Waals surface area contributed by atoms with E-state index in [0.29, 0.717) is 13.0 Å². The van der Waals surface area contributed by atoms with E-state index in [1.54, 1.807) is 4.68 Å². The first-order chi connectivity index (χ1) is 8.62. The second-order valence-electron chi connectivity index (χ2n) is 4.19. The van der Waals surface area contributed by atoms with E-state index in [1.807, 2.05) is 26.4 Å². The Balaban J connectivity index is 2.84. The molecule has 0 aliphatic rings. The average Bonchev–Trinajstić information content (AvgIpc) is 2.76. The largest absolute Gasteiger partial charge is 0.466 e. The van der Waals surface area contributed by atoms with Crippen LogP contribution in [0.15, 0.2) is 12.4 Å². The van der Waals surface area contributed by atoms with Crippen LogP contribution in [0.25, 0.3) is 0 Å². The van der Waals surface area contributed by atoms with Crippen molar-refractivity contribution in [3.63, 3.8) is 0 Å². The Morgan fingerprint density at radius 3 is 2.56 bits per heavy atom. The van der Waals surface area contributed by atoms with Gasteiger partial charge in [-0.25, -0.2) is 0 Å². The number of carbonyl (C=O) groups excluding carboxylic acids is 1. The predicted molar refractivity (Wildman–Crippen MR) is 70.1 cm³/mol. The molecule has 1 atom stereocenters. The minimum Gasteiger partial charge on any atom is -0.466 e. The maximum Gasteiger partial charge on any atom is 0.307 e. The number of nitrogens with zero attached hydrogens (tertiary/aromatic N) is 3. The maximum atomic E-state index is 11.7. The standard InChI is InChI=1S/C13H23N3O2/c1-5-16(6-2)12(8-13(17)18-7-3)11-9-14-15(4)10-11/h9-10,12H,5-8H2,1-4H3. The lowest BCUT2D eigenvalue weighted by atomic mass is 10.1. The van der Waals surface area contributed by atoms with E-state index in [-0.39, 0.29) is 12.0 Å². The summed E-state index contributed by atoms with van der Waals surface area (Å²) in [5.41, 5.74) is 1.06. The zero-order valence-corrected chi connectivity index (χ0v) is 11.7. The third-order valence-corrected chi connectivity index (χ3v) is 3.03. The van der Waals surface area contributed by atoms with Gasteiger partial charge in [0, 0.05) is 24.8 Å². The van der Waals surface area contributed by atoms with Crippen molar-refractivity contribution in [3.8, 4) is 0 Å². The van der Waals surface area contributed by atoms with Crippen molar-refractivity contribution < 1.29 is 9.53 Å². The molecular formula is C13H23N3O2. The molecular weight excluding hydrogens is 230 g/mol. The number of rotatable bonds is 7. The van der Waals surface area contributed by atoms with E-state index < -0.39 is 0 Å². The molecule has 0 radical (unpaired) electrons. The fraction of sp³-hybridized carbons (Fsp3) is 0.692. The molecule has 5 heteroatoms. The van der Waals surface area contributed by atoms with Gasteiger partial charge in [0.2, 0.25) is 0 Å². The molecule has 1 rings (SSSR count). The number of hydrogen-bond donors (Lipinski definition) is 0. The second kappa shape index (κ2) is 7.16. The molecule has 18 heavy (non-hydrogen) atoms. The molecule has 0 bridgehead atoms. The zero-order chi connectivity index (χ0) is 13.5. The third-order valence-electron chi connectivity index (χ3n) is 3.03. The molecule has 1 aromatic heterocycles. The zero-order valence-electron chi connectivity index (χ0n) is 11.7. The number of ether oxygens (including phenoxy) is 1. The molecule has 1 aromatic rings. The number of esters is 1. The normalized spacial score (nSPS) is 12.7. The SMILES string of the molecule is CCOC(=O)CC(c1cnn(C)c1)N(CC)CC. The van der Waals surface area contributed by atoms with Crippen LogP contribution in [0.5, 0.6) is 0 Å². The molecule has 1 heterocycles. The van der Waals surface area contributed by atoms with Gasteiger partial charge in [-0.2, -0.15) is 5.10 Å². The lowest BCUT2D eigenvalue weighted by Gasteiger charge is -2.28. The summed E-state index contributed by atoms with van der Waals surface area (Å²) in [6.07, 6.45) is 4.16. The van der Waals surface area contributed by atoms with Crippen molar-refractivity contribution >= 4 is 5.97 Å². The Morgan fingerprint density at radius 2 is 2.11 bits per heavy atom. The van der Waals surface area contributed by atoms with Crippen LogP contribution in [0, 0.1) is 0 Å². The molecule has 1 unspecified atom stereocenters. The van der Waals surface area contributed by atoms with Gasteiger partial charge in [0.25, 0.3) is 0 Å². The Morgan fingerprint density at radius 1 is 1.44 bits per heavy atom. The van der Waals surface area contributed by atoms with Crippen LogP contribution in [0.3, 0.4) is 0 Å². The van der Waals surface area contributed by atoms with E-state index in [2.05, 4.69) is 23.8 Å². The second-order valence-corrected chi connectivity index (χ2v) is 4.19. The molecule has 0 amide bonds. The van der Waals surface area contributed by atoms with E-state index in [0.717, 1.165) is 18.7 Å². The highest BCUT2D eigenvalue weighted by atomic mass is 16.5. The van der Waals surface area contributed by atoms with Crippen molar-refractivity contribution in [2.45, 2.75) is 33.2 Å². The molecule has 0 N–H and O–H groups in total. The van der Waals surface area contributed by atoms with Crippen LogP contribution in [-0.4, -0.2) is 40.3 Å². The van der Waals surface area contributed by atoms with Gasteiger partial charge in [-0.3, -0.25) is 14.4 Å². The summed E-state index contributed by atoms with van der Waals surface area (Å²) in [5.74, 6) is -0.154. The van der Waals surface area contributed by atoms with Gasteiger partial charge in [-0.1, -0.05) is 13.8 Å². The average molecular weight is 253 g/mol. The summed E-state index contributed by atoms with van der Waals surface area (Å²) in [6.45, 7) is 8.24. The molecule has 0 spiro atoms. The van der Waals surface area contributed by atoms with Gasteiger partial charge in [0.1, 0.15) is 0 Å². The Bertz CT molecular complexity index is 372. The van der Waals surface area contributed by atoms with Gasteiger partial charge in [-0.15, -0.1) is 0 Å². The lowest BCUT2D eigenvalue weighted by Crippen LogP contribution is -2.30. The summed E-state index contributed by atoms with van der Waals surface area (Å²) < 4.78 is 6.81. The topological polar surface area (TPSA) is 47.4 Å². The number of aromatic nitrogens is 2. The van der Waals surface area contributed by atoms with Gasteiger partial charge >= 0.3 is 5.97 Å². The van der Waals surface area contributed by atoms with E-state index in [9.17, 15) is 4.79 Å². The van der Waals surface area contributed by atoms with Crippen molar-refractivity contribution in [1.82, 2.24) is 14.7 Å². The van der Waals surface area contributed by atoms with E-state index in [1.165, 1.54) is 0 Å². The van der Waals surface area contributed by atoms with Crippen molar-refractivity contribution in [1.29, 1.82) is 0 Å². The van der Waals surface area contributed by atoms with Gasteiger partial charge in [0.15, 0.2) is 0 Å².